The minimum absolute atomic E-state index is 0.129. The molecule has 0 aliphatic carbocycles. The first-order valence-corrected chi connectivity index (χ1v) is 11.3. The van der Waals surface area contributed by atoms with Crippen molar-refractivity contribution in [1.82, 2.24) is 10.5 Å². The molecule has 1 fully saturated rings. The number of hydrogen-bond donors (Lipinski definition) is 2. The summed E-state index contributed by atoms with van der Waals surface area (Å²) >= 11 is 3.39. The number of piperidine rings is 1. The smallest absolute Gasteiger partial charge is 0.351 e. The number of anilines is 1. The van der Waals surface area contributed by atoms with Crippen molar-refractivity contribution in [3.05, 3.63) is 70.2 Å². The van der Waals surface area contributed by atoms with Crippen molar-refractivity contribution in [3.63, 3.8) is 0 Å². The second-order valence-corrected chi connectivity index (χ2v) is 10.0. The van der Waals surface area contributed by atoms with Gasteiger partial charge in [-0.2, -0.15) is 0 Å². The van der Waals surface area contributed by atoms with Crippen LogP contribution in [-0.4, -0.2) is 29.8 Å². The molecule has 2 aromatic rings. The number of rotatable bonds is 3. The van der Waals surface area contributed by atoms with E-state index >= 15 is 0 Å². The number of nitrogens with one attached hydrogen (secondary N) is 2. The molecule has 0 bridgehead atoms. The van der Waals surface area contributed by atoms with Gasteiger partial charge in [0.15, 0.2) is 0 Å². The summed E-state index contributed by atoms with van der Waals surface area (Å²) in [6.45, 7) is 7.83. The molecule has 0 atom stereocenters. The molecule has 2 aliphatic rings. The molecule has 2 aliphatic heterocycles. The number of benzene rings is 2. The molecule has 2 aromatic carbocycles. The number of amides is 1. The number of nitrogens with zero attached hydrogens (tertiary/aromatic N) is 1. The topological polar surface area (TPSA) is 62.8 Å². The molecular weight excluding hydrogens is 458 g/mol. The van der Waals surface area contributed by atoms with Crippen LogP contribution < -0.4 is 10.8 Å². The number of halogens is 1. The van der Waals surface area contributed by atoms with Crippen LogP contribution in [0.1, 0.15) is 44.7 Å². The highest BCUT2D eigenvalue weighted by molar-refractivity contribution is 9.10. The van der Waals surface area contributed by atoms with Gasteiger partial charge in [0.1, 0.15) is 5.60 Å². The minimum Gasteiger partial charge on any atom is -0.351 e. The van der Waals surface area contributed by atoms with Crippen molar-refractivity contribution >= 4 is 33.4 Å². The second kappa shape index (κ2) is 8.65. The van der Waals surface area contributed by atoms with Crippen molar-refractivity contribution in [2.75, 3.05) is 18.4 Å². The highest BCUT2D eigenvalue weighted by atomic mass is 79.9. The molecule has 164 valence electrons. The standard InChI is InChI=1S/C24H28BrN3O3/c1-23(2,3)18-9-7-17(8-10-18)21-16-24(31-27-21)11-13-28(14-12-24)30-22(29)26-20-6-4-5-19(25)15-20/h4-10,15-16,27H,11-14H2,1-3H3,(H,26,29). The Balaban J connectivity index is 1.33. The zero-order valence-electron chi connectivity index (χ0n) is 18.1. The van der Waals surface area contributed by atoms with Gasteiger partial charge in [-0.1, -0.05) is 67.0 Å². The van der Waals surface area contributed by atoms with Crippen LogP contribution in [0.3, 0.4) is 0 Å². The monoisotopic (exact) mass is 485 g/mol. The number of hydroxylamine groups is 3. The van der Waals surface area contributed by atoms with Gasteiger partial charge in [0.25, 0.3) is 0 Å². The lowest BCUT2D eigenvalue weighted by molar-refractivity contribution is -0.153. The molecule has 0 unspecified atom stereocenters. The Kier molecular flexibility index (Phi) is 6.10. The van der Waals surface area contributed by atoms with Gasteiger partial charge in [0.2, 0.25) is 0 Å². The SMILES string of the molecule is CC(C)(C)c1ccc(C2=CC3(CCN(OC(=O)Nc4cccc(Br)c4)CC3)ON2)cc1. The molecular formula is C24H28BrN3O3. The van der Waals surface area contributed by atoms with Gasteiger partial charge in [0, 0.05) is 23.2 Å². The second-order valence-electron chi connectivity index (χ2n) is 9.10. The fraction of sp³-hybridized carbons (Fsp3) is 0.375. The summed E-state index contributed by atoms with van der Waals surface area (Å²) < 4.78 is 0.895. The van der Waals surface area contributed by atoms with Gasteiger partial charge in [-0.15, -0.1) is 5.06 Å². The van der Waals surface area contributed by atoms with Gasteiger partial charge in [0.05, 0.1) is 5.70 Å². The average molecular weight is 486 g/mol. The summed E-state index contributed by atoms with van der Waals surface area (Å²) in [6, 6.07) is 16.0. The van der Waals surface area contributed by atoms with E-state index in [1.54, 1.807) is 5.06 Å². The van der Waals surface area contributed by atoms with Crippen LogP contribution >= 0.6 is 15.9 Å². The van der Waals surface area contributed by atoms with Crippen molar-refractivity contribution in [1.29, 1.82) is 0 Å². The Hall–Kier alpha value is -2.35. The molecule has 0 radical (unpaired) electrons. The molecule has 0 aromatic heterocycles. The predicted molar refractivity (Wildman–Crippen MR) is 125 cm³/mol. The molecule has 0 saturated carbocycles. The third kappa shape index (κ3) is 5.29. The van der Waals surface area contributed by atoms with Crippen LogP contribution in [0.2, 0.25) is 0 Å². The Labute approximate surface area is 191 Å². The fourth-order valence-corrected chi connectivity index (χ4v) is 4.20. The zero-order chi connectivity index (χ0) is 22.1. The van der Waals surface area contributed by atoms with E-state index in [-0.39, 0.29) is 11.0 Å². The lowest BCUT2D eigenvalue weighted by Crippen LogP contribution is -2.45. The number of carbonyl (C=O) groups excluding carboxylic acids is 1. The van der Waals surface area contributed by atoms with E-state index in [9.17, 15) is 4.79 Å². The summed E-state index contributed by atoms with van der Waals surface area (Å²) in [5, 5.41) is 4.43. The summed E-state index contributed by atoms with van der Waals surface area (Å²) in [5.41, 5.74) is 6.94. The normalized spacial score (nSPS) is 18.4. The number of hydrogen-bond acceptors (Lipinski definition) is 5. The summed E-state index contributed by atoms with van der Waals surface area (Å²) in [4.78, 5) is 23.6. The van der Waals surface area contributed by atoms with Crippen molar-refractivity contribution < 1.29 is 14.5 Å². The van der Waals surface area contributed by atoms with E-state index in [0.29, 0.717) is 18.8 Å². The Morgan fingerprint density at radius 1 is 1.16 bits per heavy atom. The summed E-state index contributed by atoms with van der Waals surface area (Å²) in [5.74, 6) is 0. The summed E-state index contributed by atoms with van der Waals surface area (Å²) in [7, 11) is 0. The van der Waals surface area contributed by atoms with Gasteiger partial charge in [-0.05, 0) is 53.7 Å². The van der Waals surface area contributed by atoms with E-state index in [1.807, 2.05) is 24.3 Å². The van der Waals surface area contributed by atoms with Crippen LogP contribution in [0.5, 0.6) is 0 Å². The van der Waals surface area contributed by atoms with Gasteiger partial charge >= 0.3 is 6.09 Å². The Bertz CT molecular complexity index is 974. The van der Waals surface area contributed by atoms with Gasteiger partial charge in [-0.3, -0.25) is 15.6 Å². The highest BCUT2D eigenvalue weighted by Crippen LogP contribution is 2.35. The quantitative estimate of drug-likeness (QED) is 0.590. The van der Waals surface area contributed by atoms with Crippen LogP contribution in [0, 0.1) is 0 Å². The van der Waals surface area contributed by atoms with E-state index in [0.717, 1.165) is 28.6 Å². The van der Waals surface area contributed by atoms with Gasteiger partial charge in [-0.25, -0.2) is 4.79 Å². The van der Waals surface area contributed by atoms with Crippen LogP contribution in [-0.2, 0) is 15.1 Å². The van der Waals surface area contributed by atoms with Crippen molar-refractivity contribution in [3.8, 4) is 0 Å². The lowest BCUT2D eigenvalue weighted by atomic mass is 9.86. The Morgan fingerprint density at radius 2 is 1.87 bits per heavy atom. The largest absolute Gasteiger partial charge is 0.430 e. The summed E-state index contributed by atoms with van der Waals surface area (Å²) in [6.07, 6.45) is 3.13. The maximum absolute atomic E-state index is 12.2. The van der Waals surface area contributed by atoms with Crippen LogP contribution in [0.25, 0.3) is 5.70 Å². The molecule has 1 saturated heterocycles. The first-order valence-electron chi connectivity index (χ1n) is 10.5. The molecule has 1 spiro atoms. The third-order valence-electron chi connectivity index (χ3n) is 5.69. The third-order valence-corrected chi connectivity index (χ3v) is 6.18. The maximum Gasteiger partial charge on any atom is 0.430 e. The molecule has 6 nitrogen and oxygen atoms in total. The maximum atomic E-state index is 12.2. The van der Waals surface area contributed by atoms with Gasteiger partial charge < -0.3 is 4.84 Å². The first kappa shape index (κ1) is 21.9. The molecule has 2 N–H and O–H groups in total. The number of carbonyl (C=O) groups is 1. The lowest BCUT2D eigenvalue weighted by Gasteiger charge is -2.35. The van der Waals surface area contributed by atoms with Crippen LogP contribution in [0.4, 0.5) is 10.5 Å². The van der Waals surface area contributed by atoms with E-state index in [4.69, 9.17) is 9.68 Å². The fourth-order valence-electron chi connectivity index (χ4n) is 3.80. The minimum atomic E-state index is -0.491. The van der Waals surface area contributed by atoms with Crippen LogP contribution in [0.15, 0.2) is 59.1 Å². The highest BCUT2D eigenvalue weighted by Gasteiger charge is 2.39. The van der Waals surface area contributed by atoms with Crippen molar-refractivity contribution in [2.24, 2.45) is 0 Å². The predicted octanol–water partition coefficient (Wildman–Crippen LogP) is 5.62. The molecule has 31 heavy (non-hydrogen) atoms. The average Bonchev–Trinajstić information content (AvgIpc) is 3.13. The van der Waals surface area contributed by atoms with Crippen molar-refractivity contribution in [2.45, 2.75) is 44.6 Å². The first-order chi connectivity index (χ1) is 14.7. The Morgan fingerprint density at radius 3 is 2.52 bits per heavy atom. The van der Waals surface area contributed by atoms with E-state index in [2.05, 4.69) is 77.8 Å². The molecule has 1 amide bonds. The zero-order valence-corrected chi connectivity index (χ0v) is 19.7. The molecule has 4 rings (SSSR count). The molecule has 2 heterocycles. The van der Waals surface area contributed by atoms with E-state index in [1.165, 1.54) is 5.56 Å². The van der Waals surface area contributed by atoms with E-state index < -0.39 is 6.09 Å². The molecule has 7 heteroatoms.